The molecule has 0 atom stereocenters. The second-order valence-electron chi connectivity index (χ2n) is 4.91. The van der Waals surface area contributed by atoms with Crippen molar-refractivity contribution in [2.75, 3.05) is 26.2 Å². The topological polar surface area (TPSA) is 41.6 Å². The summed E-state index contributed by atoms with van der Waals surface area (Å²) in [7, 11) is 0. The van der Waals surface area contributed by atoms with Crippen LogP contribution in [0, 0.1) is 0 Å². The van der Waals surface area contributed by atoms with Crippen molar-refractivity contribution in [2.24, 2.45) is 0 Å². The van der Waals surface area contributed by atoms with E-state index in [9.17, 15) is 4.79 Å². The molecule has 0 saturated carbocycles. The molecule has 0 radical (unpaired) electrons. The van der Waals surface area contributed by atoms with E-state index in [1.54, 1.807) is 0 Å². The molecule has 0 bridgehead atoms. The SMILES string of the molecule is O=C(CCc1ccccc1)NOCCN1CCCC1. The number of hydroxylamine groups is 1. The first-order valence-electron chi connectivity index (χ1n) is 7.01. The van der Waals surface area contributed by atoms with Crippen LogP contribution in [-0.2, 0) is 16.1 Å². The molecule has 0 unspecified atom stereocenters. The molecule has 1 fully saturated rings. The summed E-state index contributed by atoms with van der Waals surface area (Å²) in [5.41, 5.74) is 3.69. The molecule has 0 aliphatic carbocycles. The molecule has 0 spiro atoms. The number of nitrogens with zero attached hydrogens (tertiary/aromatic N) is 1. The Morgan fingerprint density at radius 2 is 1.95 bits per heavy atom. The Kier molecular flexibility index (Phi) is 5.85. The van der Waals surface area contributed by atoms with Crippen LogP contribution in [-0.4, -0.2) is 37.0 Å². The van der Waals surface area contributed by atoms with Gasteiger partial charge in [0.15, 0.2) is 0 Å². The first-order valence-corrected chi connectivity index (χ1v) is 7.01. The number of carbonyl (C=O) groups is 1. The van der Waals surface area contributed by atoms with E-state index in [1.807, 2.05) is 30.3 Å². The van der Waals surface area contributed by atoms with Gasteiger partial charge in [0.1, 0.15) is 0 Å². The highest BCUT2D eigenvalue weighted by Gasteiger charge is 2.10. The highest BCUT2D eigenvalue weighted by Crippen LogP contribution is 2.06. The zero-order valence-corrected chi connectivity index (χ0v) is 11.3. The minimum atomic E-state index is -0.0507. The third-order valence-electron chi connectivity index (χ3n) is 3.38. The van der Waals surface area contributed by atoms with E-state index in [4.69, 9.17) is 4.84 Å². The van der Waals surface area contributed by atoms with Crippen LogP contribution in [0.15, 0.2) is 30.3 Å². The Balaban J connectivity index is 1.52. The van der Waals surface area contributed by atoms with Crippen LogP contribution in [0.4, 0.5) is 0 Å². The molecule has 1 aliphatic heterocycles. The summed E-state index contributed by atoms with van der Waals surface area (Å²) >= 11 is 0. The van der Waals surface area contributed by atoms with Gasteiger partial charge in [-0.15, -0.1) is 0 Å². The van der Waals surface area contributed by atoms with Crippen LogP contribution in [0.5, 0.6) is 0 Å². The summed E-state index contributed by atoms with van der Waals surface area (Å²) in [4.78, 5) is 19.1. The monoisotopic (exact) mass is 262 g/mol. The fraction of sp³-hybridized carbons (Fsp3) is 0.533. The van der Waals surface area contributed by atoms with Gasteiger partial charge in [-0.05, 0) is 37.9 Å². The molecule has 1 amide bonds. The third kappa shape index (κ3) is 5.41. The first kappa shape index (κ1) is 14.0. The van der Waals surface area contributed by atoms with Gasteiger partial charge in [-0.2, -0.15) is 0 Å². The standard InChI is InChI=1S/C15H22N2O2/c18-15(9-8-14-6-2-1-3-7-14)16-19-13-12-17-10-4-5-11-17/h1-3,6-7H,4-5,8-13H2,(H,16,18). The van der Waals surface area contributed by atoms with E-state index in [0.29, 0.717) is 13.0 Å². The van der Waals surface area contributed by atoms with E-state index >= 15 is 0 Å². The van der Waals surface area contributed by atoms with Gasteiger partial charge in [-0.3, -0.25) is 9.63 Å². The molecule has 1 heterocycles. The van der Waals surface area contributed by atoms with Gasteiger partial charge in [0.25, 0.3) is 0 Å². The van der Waals surface area contributed by atoms with Gasteiger partial charge >= 0.3 is 0 Å². The summed E-state index contributed by atoms with van der Waals surface area (Å²) in [5, 5.41) is 0. The predicted octanol–water partition coefficient (Wildman–Crippen LogP) is 1.76. The molecule has 4 heteroatoms. The highest BCUT2D eigenvalue weighted by atomic mass is 16.6. The normalized spacial score (nSPS) is 15.6. The van der Waals surface area contributed by atoms with Gasteiger partial charge in [0.05, 0.1) is 6.61 Å². The zero-order chi connectivity index (χ0) is 13.3. The summed E-state index contributed by atoms with van der Waals surface area (Å²) in [6, 6.07) is 10.0. The van der Waals surface area contributed by atoms with Crippen LogP contribution >= 0.6 is 0 Å². The zero-order valence-electron chi connectivity index (χ0n) is 11.3. The van der Waals surface area contributed by atoms with Gasteiger partial charge < -0.3 is 4.90 Å². The van der Waals surface area contributed by atoms with Crippen LogP contribution < -0.4 is 5.48 Å². The number of nitrogens with one attached hydrogen (secondary N) is 1. The van der Waals surface area contributed by atoms with Crippen molar-refractivity contribution in [1.82, 2.24) is 10.4 Å². The van der Waals surface area contributed by atoms with Crippen molar-refractivity contribution in [3.05, 3.63) is 35.9 Å². The Bertz CT molecular complexity index is 375. The molecule has 4 nitrogen and oxygen atoms in total. The van der Waals surface area contributed by atoms with Gasteiger partial charge in [0.2, 0.25) is 5.91 Å². The van der Waals surface area contributed by atoms with Crippen LogP contribution in [0.2, 0.25) is 0 Å². The van der Waals surface area contributed by atoms with Crippen LogP contribution in [0.3, 0.4) is 0 Å². The smallest absolute Gasteiger partial charge is 0.243 e. The molecule has 104 valence electrons. The number of carbonyl (C=O) groups excluding carboxylic acids is 1. The van der Waals surface area contributed by atoms with Crippen molar-refractivity contribution >= 4 is 5.91 Å². The number of benzene rings is 1. The largest absolute Gasteiger partial charge is 0.301 e. The number of aryl methyl sites for hydroxylation is 1. The van der Waals surface area contributed by atoms with E-state index in [-0.39, 0.29) is 5.91 Å². The fourth-order valence-electron chi connectivity index (χ4n) is 2.27. The van der Waals surface area contributed by atoms with E-state index < -0.39 is 0 Å². The number of amides is 1. The molecule has 1 aliphatic rings. The lowest BCUT2D eigenvalue weighted by atomic mass is 10.1. The maximum Gasteiger partial charge on any atom is 0.243 e. The van der Waals surface area contributed by atoms with Gasteiger partial charge in [-0.25, -0.2) is 5.48 Å². The number of hydrogen-bond donors (Lipinski definition) is 1. The Labute approximate surface area is 114 Å². The quantitative estimate of drug-likeness (QED) is 0.601. The lowest BCUT2D eigenvalue weighted by Gasteiger charge is -2.14. The minimum absolute atomic E-state index is 0.0507. The second kappa shape index (κ2) is 7.92. The maximum atomic E-state index is 11.6. The average molecular weight is 262 g/mol. The number of rotatable bonds is 7. The average Bonchev–Trinajstić information content (AvgIpc) is 2.96. The molecule has 1 N–H and O–H groups in total. The minimum Gasteiger partial charge on any atom is -0.301 e. The lowest BCUT2D eigenvalue weighted by molar-refractivity contribution is -0.133. The molecular formula is C15H22N2O2. The van der Waals surface area contributed by atoms with Crippen molar-refractivity contribution in [2.45, 2.75) is 25.7 Å². The molecule has 2 rings (SSSR count). The van der Waals surface area contributed by atoms with Crippen molar-refractivity contribution < 1.29 is 9.63 Å². The van der Waals surface area contributed by atoms with E-state index in [0.717, 1.165) is 26.1 Å². The van der Waals surface area contributed by atoms with Gasteiger partial charge in [-0.1, -0.05) is 30.3 Å². The summed E-state index contributed by atoms with van der Waals surface area (Å²) in [5.74, 6) is -0.0507. The van der Waals surface area contributed by atoms with E-state index in [2.05, 4.69) is 10.4 Å². The Morgan fingerprint density at radius 3 is 2.68 bits per heavy atom. The first-order chi connectivity index (χ1) is 9.34. The maximum absolute atomic E-state index is 11.6. The Morgan fingerprint density at radius 1 is 1.21 bits per heavy atom. The van der Waals surface area contributed by atoms with Crippen molar-refractivity contribution in [3.63, 3.8) is 0 Å². The molecular weight excluding hydrogens is 240 g/mol. The summed E-state index contributed by atoms with van der Waals surface area (Å²) < 4.78 is 0. The van der Waals surface area contributed by atoms with Crippen LogP contribution in [0.1, 0.15) is 24.8 Å². The lowest BCUT2D eigenvalue weighted by Crippen LogP contribution is -2.30. The predicted molar refractivity (Wildman–Crippen MR) is 74.5 cm³/mol. The molecule has 1 saturated heterocycles. The van der Waals surface area contributed by atoms with E-state index in [1.165, 1.54) is 18.4 Å². The molecule has 1 aromatic carbocycles. The summed E-state index contributed by atoms with van der Waals surface area (Å²) in [6.07, 6.45) is 3.78. The summed E-state index contributed by atoms with van der Waals surface area (Å²) in [6.45, 7) is 3.78. The number of hydrogen-bond acceptors (Lipinski definition) is 3. The fourth-order valence-corrected chi connectivity index (χ4v) is 2.27. The molecule has 19 heavy (non-hydrogen) atoms. The van der Waals surface area contributed by atoms with Crippen LogP contribution in [0.25, 0.3) is 0 Å². The second-order valence-corrected chi connectivity index (χ2v) is 4.91. The highest BCUT2D eigenvalue weighted by molar-refractivity contribution is 5.75. The third-order valence-corrected chi connectivity index (χ3v) is 3.38. The molecule has 1 aromatic rings. The van der Waals surface area contributed by atoms with Crippen molar-refractivity contribution in [1.29, 1.82) is 0 Å². The molecule has 0 aromatic heterocycles. The number of likely N-dealkylation sites (tertiary alicyclic amines) is 1. The van der Waals surface area contributed by atoms with Gasteiger partial charge in [0, 0.05) is 13.0 Å². The van der Waals surface area contributed by atoms with Crippen molar-refractivity contribution in [3.8, 4) is 0 Å². The Hall–Kier alpha value is -1.39.